The summed E-state index contributed by atoms with van der Waals surface area (Å²) in [5.74, 6) is 0.150. The highest BCUT2D eigenvalue weighted by molar-refractivity contribution is 5.95. The van der Waals surface area contributed by atoms with Gasteiger partial charge in [-0.25, -0.2) is 0 Å². The second kappa shape index (κ2) is 6.48. The summed E-state index contributed by atoms with van der Waals surface area (Å²) in [5.41, 5.74) is 1.86. The first-order chi connectivity index (χ1) is 10.3. The Hall–Kier alpha value is -1.55. The molecule has 0 spiro atoms. The zero-order chi connectivity index (χ0) is 14.7. The van der Waals surface area contributed by atoms with Crippen molar-refractivity contribution in [3.05, 3.63) is 29.8 Å². The third kappa shape index (κ3) is 3.05. The molecule has 3 rings (SSSR count). The van der Waals surface area contributed by atoms with E-state index in [2.05, 4.69) is 12.2 Å². The molecule has 1 aliphatic carbocycles. The van der Waals surface area contributed by atoms with Gasteiger partial charge in [0.2, 0.25) is 0 Å². The third-order valence-corrected chi connectivity index (χ3v) is 4.45. The lowest BCUT2D eigenvalue weighted by atomic mass is 10.1. The number of amides is 1. The topological polar surface area (TPSA) is 41.6 Å². The smallest absolute Gasteiger partial charge is 0.254 e. The van der Waals surface area contributed by atoms with Crippen LogP contribution in [0.25, 0.3) is 0 Å². The van der Waals surface area contributed by atoms with Crippen molar-refractivity contribution in [1.82, 2.24) is 4.90 Å². The number of hydrogen-bond donors (Lipinski definition) is 1. The molecule has 2 atom stereocenters. The number of morpholine rings is 1. The lowest BCUT2D eigenvalue weighted by Crippen LogP contribution is -2.51. The molecule has 2 unspecified atom stereocenters. The first-order valence-electron chi connectivity index (χ1n) is 8.06. The van der Waals surface area contributed by atoms with Crippen LogP contribution in [0.3, 0.4) is 0 Å². The molecule has 0 aromatic heterocycles. The first-order valence-corrected chi connectivity index (χ1v) is 8.06. The van der Waals surface area contributed by atoms with Gasteiger partial charge in [0.05, 0.1) is 18.8 Å². The molecule has 4 nitrogen and oxygen atoms in total. The Labute approximate surface area is 126 Å². The number of fused-ring (bicyclic) bond motifs is 1. The lowest BCUT2D eigenvalue weighted by Gasteiger charge is -2.37. The predicted octanol–water partition coefficient (Wildman–Crippen LogP) is 2.90. The summed E-state index contributed by atoms with van der Waals surface area (Å²) in [4.78, 5) is 14.7. The van der Waals surface area contributed by atoms with Gasteiger partial charge in [-0.2, -0.15) is 0 Å². The number of anilines is 1. The van der Waals surface area contributed by atoms with Gasteiger partial charge < -0.3 is 15.0 Å². The van der Waals surface area contributed by atoms with Crippen LogP contribution in [-0.4, -0.2) is 42.6 Å². The monoisotopic (exact) mass is 288 g/mol. The lowest BCUT2D eigenvalue weighted by molar-refractivity contribution is -0.0445. The van der Waals surface area contributed by atoms with Crippen LogP contribution < -0.4 is 5.32 Å². The van der Waals surface area contributed by atoms with Crippen LogP contribution >= 0.6 is 0 Å². The Kier molecular flexibility index (Phi) is 4.44. The van der Waals surface area contributed by atoms with E-state index < -0.39 is 0 Å². The molecule has 2 fully saturated rings. The molecule has 21 heavy (non-hydrogen) atoms. The van der Waals surface area contributed by atoms with E-state index in [4.69, 9.17) is 4.74 Å². The molecule has 1 amide bonds. The molecule has 0 bridgehead atoms. The second-order valence-corrected chi connectivity index (χ2v) is 5.91. The van der Waals surface area contributed by atoms with Crippen LogP contribution in [0, 0.1) is 0 Å². The summed E-state index contributed by atoms with van der Waals surface area (Å²) in [6, 6.07) is 8.13. The van der Waals surface area contributed by atoms with Crippen LogP contribution in [0.2, 0.25) is 0 Å². The van der Waals surface area contributed by atoms with Crippen molar-refractivity contribution in [2.24, 2.45) is 0 Å². The van der Waals surface area contributed by atoms with E-state index in [1.54, 1.807) is 0 Å². The number of carbonyl (C=O) groups excluding carboxylic acids is 1. The molecule has 1 aromatic carbocycles. The average Bonchev–Trinajstić information content (AvgIpc) is 3.01. The summed E-state index contributed by atoms with van der Waals surface area (Å²) in [6.07, 6.45) is 4.69. The van der Waals surface area contributed by atoms with Gasteiger partial charge in [-0.3, -0.25) is 4.79 Å². The van der Waals surface area contributed by atoms with Crippen LogP contribution in [-0.2, 0) is 4.74 Å². The minimum atomic E-state index is 0.150. The molecule has 0 radical (unpaired) electrons. The number of hydrogen-bond acceptors (Lipinski definition) is 3. The molecular formula is C17H24N2O2. The van der Waals surface area contributed by atoms with E-state index in [9.17, 15) is 4.79 Å². The van der Waals surface area contributed by atoms with Crippen molar-refractivity contribution in [1.29, 1.82) is 0 Å². The number of nitrogens with one attached hydrogen (secondary N) is 1. The first kappa shape index (κ1) is 14.4. The Bertz CT molecular complexity index is 486. The normalized spacial score (nSPS) is 24.7. The van der Waals surface area contributed by atoms with Gasteiger partial charge in [-0.1, -0.05) is 6.92 Å². The maximum Gasteiger partial charge on any atom is 0.254 e. The van der Waals surface area contributed by atoms with Crippen molar-refractivity contribution >= 4 is 11.6 Å². The number of ether oxygens (including phenoxy) is 1. The summed E-state index contributed by atoms with van der Waals surface area (Å²) in [6.45, 7) is 4.49. The fraction of sp³-hybridized carbons (Fsp3) is 0.588. The van der Waals surface area contributed by atoms with E-state index in [0.29, 0.717) is 6.61 Å². The van der Waals surface area contributed by atoms with E-state index in [1.807, 2.05) is 29.2 Å². The summed E-state index contributed by atoms with van der Waals surface area (Å²) in [7, 11) is 0. The summed E-state index contributed by atoms with van der Waals surface area (Å²) < 4.78 is 5.78. The van der Waals surface area contributed by atoms with Crippen LogP contribution in [0.15, 0.2) is 24.3 Å². The molecular weight excluding hydrogens is 264 g/mol. The van der Waals surface area contributed by atoms with Crippen LogP contribution in [0.4, 0.5) is 5.69 Å². The summed E-state index contributed by atoms with van der Waals surface area (Å²) in [5, 5.41) is 3.33. The molecule has 114 valence electrons. The Morgan fingerprint density at radius 1 is 1.33 bits per heavy atom. The fourth-order valence-electron chi connectivity index (χ4n) is 3.34. The van der Waals surface area contributed by atoms with Crippen molar-refractivity contribution in [2.45, 2.75) is 44.8 Å². The largest absolute Gasteiger partial charge is 0.385 e. The third-order valence-electron chi connectivity index (χ3n) is 4.45. The highest BCUT2D eigenvalue weighted by Gasteiger charge is 2.38. The van der Waals surface area contributed by atoms with E-state index in [-0.39, 0.29) is 18.1 Å². The maximum absolute atomic E-state index is 12.7. The zero-order valence-corrected chi connectivity index (χ0v) is 12.7. The van der Waals surface area contributed by atoms with Crippen LogP contribution in [0.5, 0.6) is 0 Å². The van der Waals surface area contributed by atoms with Crippen molar-refractivity contribution in [3.63, 3.8) is 0 Å². The van der Waals surface area contributed by atoms with Crippen molar-refractivity contribution in [2.75, 3.05) is 25.0 Å². The quantitative estimate of drug-likeness (QED) is 0.926. The van der Waals surface area contributed by atoms with Gasteiger partial charge in [0.15, 0.2) is 0 Å². The highest BCUT2D eigenvalue weighted by atomic mass is 16.5. The molecule has 1 aliphatic heterocycles. The van der Waals surface area contributed by atoms with Crippen molar-refractivity contribution < 1.29 is 9.53 Å². The highest BCUT2D eigenvalue weighted by Crippen LogP contribution is 2.30. The molecule has 1 saturated carbocycles. The van der Waals surface area contributed by atoms with E-state index in [1.165, 1.54) is 6.42 Å². The Morgan fingerprint density at radius 3 is 2.90 bits per heavy atom. The molecule has 1 aromatic rings. The van der Waals surface area contributed by atoms with Gasteiger partial charge in [0.25, 0.3) is 5.91 Å². The van der Waals surface area contributed by atoms with Crippen molar-refractivity contribution in [3.8, 4) is 0 Å². The fourth-order valence-corrected chi connectivity index (χ4v) is 3.34. The number of benzene rings is 1. The van der Waals surface area contributed by atoms with Gasteiger partial charge in [-0.05, 0) is 49.9 Å². The van der Waals surface area contributed by atoms with Gasteiger partial charge in [0.1, 0.15) is 0 Å². The molecule has 4 heteroatoms. The number of carbonyl (C=O) groups is 1. The van der Waals surface area contributed by atoms with Gasteiger partial charge >= 0.3 is 0 Å². The van der Waals surface area contributed by atoms with E-state index in [0.717, 1.165) is 43.6 Å². The second-order valence-electron chi connectivity index (χ2n) is 5.91. The number of nitrogens with zero attached hydrogens (tertiary/aromatic N) is 1. The molecule has 1 saturated heterocycles. The van der Waals surface area contributed by atoms with E-state index >= 15 is 0 Å². The number of rotatable bonds is 4. The standard InChI is InChI=1S/C17H24N2O2/c1-2-10-18-14-8-6-13(7-9-14)17(20)19-11-12-21-16-5-3-4-15(16)19/h6-9,15-16,18H,2-5,10-12H2,1H3. The molecule has 2 aliphatic rings. The summed E-state index contributed by atoms with van der Waals surface area (Å²) >= 11 is 0. The minimum Gasteiger partial charge on any atom is -0.385 e. The maximum atomic E-state index is 12.7. The van der Waals surface area contributed by atoms with Crippen LogP contribution in [0.1, 0.15) is 43.0 Å². The average molecular weight is 288 g/mol. The minimum absolute atomic E-state index is 0.150. The van der Waals surface area contributed by atoms with Gasteiger partial charge in [-0.15, -0.1) is 0 Å². The predicted molar refractivity (Wildman–Crippen MR) is 83.6 cm³/mol. The Morgan fingerprint density at radius 2 is 2.14 bits per heavy atom. The SMILES string of the molecule is CCCNc1ccc(C(=O)N2CCOC3CCCC32)cc1. The molecule has 1 heterocycles. The zero-order valence-electron chi connectivity index (χ0n) is 12.7. The Balaban J connectivity index is 1.69. The molecule has 1 N–H and O–H groups in total. The van der Waals surface area contributed by atoms with Gasteiger partial charge in [0, 0.05) is 24.3 Å².